The van der Waals surface area contributed by atoms with Crippen molar-refractivity contribution in [3.8, 4) is 11.5 Å². The Hall–Kier alpha value is -3.20. The number of methoxy groups -OCH3 is 1. The lowest BCUT2D eigenvalue weighted by Gasteiger charge is -2.19. The highest BCUT2D eigenvalue weighted by atomic mass is 32.2. The predicted molar refractivity (Wildman–Crippen MR) is 111 cm³/mol. The number of carboxylic acid groups (broad SMARTS) is 1. The zero-order valence-electron chi connectivity index (χ0n) is 16.7. The number of rotatable bonds is 8. The number of carboxylic acids is 1. The van der Waals surface area contributed by atoms with Crippen LogP contribution >= 0.6 is 11.8 Å². The fourth-order valence-electron chi connectivity index (χ4n) is 2.81. The fraction of sp³-hybridized carbons (Fsp3) is 0.286. The van der Waals surface area contributed by atoms with E-state index in [1.165, 1.54) is 24.1 Å². The molecule has 3 rings (SSSR count). The molecular weight excluding hydrogens is 410 g/mol. The van der Waals surface area contributed by atoms with Crippen LogP contribution in [0.2, 0.25) is 0 Å². The van der Waals surface area contributed by atoms with Crippen LogP contribution in [0.15, 0.2) is 39.7 Å². The van der Waals surface area contributed by atoms with Gasteiger partial charge < -0.3 is 19.0 Å². The molecule has 1 atom stereocenters. The molecule has 1 aromatic carbocycles. The van der Waals surface area contributed by atoms with Gasteiger partial charge in [-0.25, -0.2) is 4.79 Å². The number of nitrogens with zero attached hydrogens (tertiary/aromatic N) is 1. The van der Waals surface area contributed by atoms with Crippen LogP contribution in [0, 0.1) is 0 Å². The first-order valence-electron chi connectivity index (χ1n) is 9.24. The van der Waals surface area contributed by atoms with Crippen LogP contribution in [0.5, 0.6) is 11.5 Å². The number of thioether (sulfide) groups is 1. The van der Waals surface area contributed by atoms with Crippen molar-refractivity contribution in [3.63, 3.8) is 0 Å². The smallest absolute Gasteiger partial charge is 0.371 e. The molecule has 1 aromatic heterocycles. The first kappa shape index (κ1) is 21.5. The maximum absolute atomic E-state index is 12.6. The standard InChI is InChI=1S/C21H21NO7S/c1-4-12(2)22-19(23)18(30-21(22)26)10-13-5-7-15(17(9-13)27-3)28-11-14-6-8-16(29-14)20(24)25/h5-10,12H,4,11H2,1-3H3,(H,24,25)/b18-10+/t12-/m1/s1. The van der Waals surface area contributed by atoms with Crippen molar-refractivity contribution in [2.75, 3.05) is 7.11 Å². The molecule has 1 aliphatic heterocycles. The van der Waals surface area contributed by atoms with Crippen LogP contribution in [0.25, 0.3) is 6.08 Å². The Bertz CT molecular complexity index is 1010. The van der Waals surface area contributed by atoms with E-state index in [4.69, 9.17) is 19.0 Å². The van der Waals surface area contributed by atoms with E-state index in [2.05, 4.69) is 0 Å². The number of hydrogen-bond acceptors (Lipinski definition) is 7. The van der Waals surface area contributed by atoms with Crippen molar-refractivity contribution in [1.29, 1.82) is 0 Å². The number of imide groups is 1. The molecule has 9 heteroatoms. The lowest BCUT2D eigenvalue weighted by Crippen LogP contribution is -2.36. The fourth-order valence-corrected chi connectivity index (χ4v) is 3.74. The topological polar surface area (TPSA) is 106 Å². The molecule has 2 amide bonds. The van der Waals surface area contributed by atoms with E-state index in [1.807, 2.05) is 13.8 Å². The molecule has 2 heterocycles. The first-order valence-corrected chi connectivity index (χ1v) is 10.1. The zero-order valence-corrected chi connectivity index (χ0v) is 17.5. The monoisotopic (exact) mass is 431 g/mol. The average molecular weight is 431 g/mol. The minimum absolute atomic E-state index is 0.0246. The zero-order chi connectivity index (χ0) is 21.8. The van der Waals surface area contributed by atoms with Gasteiger partial charge in [0, 0.05) is 6.04 Å². The summed E-state index contributed by atoms with van der Waals surface area (Å²) in [6, 6.07) is 7.82. The number of carbonyl (C=O) groups excluding carboxylic acids is 2. The average Bonchev–Trinajstić information content (AvgIpc) is 3.31. The second kappa shape index (κ2) is 9.08. The minimum atomic E-state index is -1.15. The predicted octanol–water partition coefficient (Wildman–Crippen LogP) is 4.40. The highest BCUT2D eigenvalue weighted by molar-refractivity contribution is 8.18. The van der Waals surface area contributed by atoms with Crippen molar-refractivity contribution < 1.29 is 33.4 Å². The summed E-state index contributed by atoms with van der Waals surface area (Å²) >= 11 is 0.916. The Morgan fingerprint density at radius 1 is 1.27 bits per heavy atom. The summed E-state index contributed by atoms with van der Waals surface area (Å²) in [4.78, 5) is 37.2. The number of aromatic carboxylic acids is 1. The molecule has 8 nitrogen and oxygen atoms in total. The van der Waals surface area contributed by atoms with Crippen LogP contribution in [0.1, 0.15) is 42.1 Å². The van der Waals surface area contributed by atoms with Crippen LogP contribution in [0.4, 0.5) is 4.79 Å². The third-order valence-corrected chi connectivity index (χ3v) is 5.47. The van der Waals surface area contributed by atoms with Crippen molar-refractivity contribution in [3.05, 3.63) is 52.3 Å². The number of amides is 2. The van der Waals surface area contributed by atoms with Crippen molar-refractivity contribution >= 4 is 35.0 Å². The minimum Gasteiger partial charge on any atom is -0.493 e. The quantitative estimate of drug-likeness (QED) is 0.613. The largest absolute Gasteiger partial charge is 0.493 e. The molecule has 1 saturated heterocycles. The van der Waals surface area contributed by atoms with Gasteiger partial charge in [0.05, 0.1) is 12.0 Å². The highest BCUT2D eigenvalue weighted by Gasteiger charge is 2.37. The van der Waals surface area contributed by atoms with Gasteiger partial charge >= 0.3 is 5.97 Å². The van der Waals surface area contributed by atoms with E-state index in [0.29, 0.717) is 34.1 Å². The summed E-state index contributed by atoms with van der Waals surface area (Å²) < 4.78 is 16.2. The van der Waals surface area contributed by atoms with Crippen molar-refractivity contribution in [2.45, 2.75) is 32.9 Å². The maximum atomic E-state index is 12.6. The molecule has 0 saturated carbocycles. The van der Waals surface area contributed by atoms with Gasteiger partial charge in [-0.3, -0.25) is 14.5 Å². The molecule has 0 spiro atoms. The Balaban J connectivity index is 1.75. The molecule has 0 unspecified atom stereocenters. The van der Waals surface area contributed by atoms with Gasteiger partial charge in [-0.2, -0.15) is 0 Å². The van der Waals surface area contributed by atoms with E-state index < -0.39 is 5.97 Å². The Labute approximate surface area is 177 Å². The molecule has 0 radical (unpaired) electrons. The van der Waals surface area contributed by atoms with Crippen LogP contribution in [-0.2, 0) is 11.4 Å². The van der Waals surface area contributed by atoms with Crippen LogP contribution in [-0.4, -0.2) is 40.3 Å². The number of benzene rings is 1. The summed E-state index contributed by atoms with van der Waals surface area (Å²) in [5.74, 6) is -0.406. The lowest BCUT2D eigenvalue weighted by atomic mass is 10.1. The number of ether oxygens (including phenoxy) is 2. The van der Waals surface area contributed by atoms with Crippen molar-refractivity contribution in [2.24, 2.45) is 0 Å². The van der Waals surface area contributed by atoms with Crippen LogP contribution < -0.4 is 9.47 Å². The van der Waals surface area contributed by atoms with Gasteiger partial charge in [0.25, 0.3) is 11.1 Å². The summed E-state index contributed by atoms with van der Waals surface area (Å²) in [5, 5.41) is 8.63. The molecule has 2 aromatic rings. The summed E-state index contributed by atoms with van der Waals surface area (Å²) in [6.45, 7) is 3.79. The lowest BCUT2D eigenvalue weighted by molar-refractivity contribution is -0.124. The Morgan fingerprint density at radius 3 is 2.67 bits per heavy atom. The number of hydrogen-bond donors (Lipinski definition) is 1. The van der Waals surface area contributed by atoms with Gasteiger partial charge in [-0.15, -0.1) is 0 Å². The first-order chi connectivity index (χ1) is 14.3. The Kier molecular flexibility index (Phi) is 6.51. The molecular formula is C21H21NO7S. The summed E-state index contributed by atoms with van der Waals surface area (Å²) in [6.07, 6.45) is 2.33. The Morgan fingerprint density at radius 2 is 2.03 bits per heavy atom. The molecule has 158 valence electrons. The molecule has 1 N–H and O–H groups in total. The normalized spacial score (nSPS) is 16.2. The summed E-state index contributed by atoms with van der Waals surface area (Å²) in [7, 11) is 1.48. The van der Waals surface area contributed by atoms with Crippen molar-refractivity contribution in [1.82, 2.24) is 4.90 Å². The molecule has 1 fully saturated rings. The van der Waals surface area contributed by atoms with E-state index in [1.54, 1.807) is 24.3 Å². The van der Waals surface area contributed by atoms with Gasteiger partial charge in [0.1, 0.15) is 12.4 Å². The number of carbonyl (C=O) groups is 3. The molecule has 30 heavy (non-hydrogen) atoms. The molecule has 0 aliphatic carbocycles. The van der Waals surface area contributed by atoms with Gasteiger partial charge in [0.15, 0.2) is 11.5 Å². The summed E-state index contributed by atoms with van der Waals surface area (Å²) in [5.41, 5.74) is 0.681. The second-order valence-electron chi connectivity index (χ2n) is 6.58. The van der Waals surface area contributed by atoms with E-state index in [-0.39, 0.29) is 29.6 Å². The second-order valence-corrected chi connectivity index (χ2v) is 7.57. The third-order valence-electron chi connectivity index (χ3n) is 4.58. The van der Waals surface area contributed by atoms with Gasteiger partial charge in [0.2, 0.25) is 5.76 Å². The number of furan rings is 1. The van der Waals surface area contributed by atoms with Gasteiger partial charge in [-0.05, 0) is 61.0 Å². The van der Waals surface area contributed by atoms with E-state index in [0.717, 1.165) is 11.8 Å². The third kappa shape index (κ3) is 4.51. The van der Waals surface area contributed by atoms with Crippen LogP contribution in [0.3, 0.4) is 0 Å². The van der Waals surface area contributed by atoms with E-state index in [9.17, 15) is 14.4 Å². The molecule has 0 bridgehead atoms. The van der Waals surface area contributed by atoms with E-state index >= 15 is 0 Å². The molecule has 1 aliphatic rings. The maximum Gasteiger partial charge on any atom is 0.371 e. The highest BCUT2D eigenvalue weighted by Crippen LogP contribution is 2.36. The van der Waals surface area contributed by atoms with Gasteiger partial charge in [-0.1, -0.05) is 13.0 Å². The SMILES string of the molecule is CC[C@@H](C)N1C(=O)S/C(=C/c2ccc(OCc3ccc(C(=O)O)o3)c(OC)c2)C1=O.